The van der Waals surface area contributed by atoms with Crippen LogP contribution in [0.15, 0.2) is 0 Å². The maximum Gasteiger partial charge on any atom is 0.252 e. The lowest BCUT2D eigenvalue weighted by atomic mass is 9.84. The highest BCUT2D eigenvalue weighted by Crippen LogP contribution is 2.28. The van der Waals surface area contributed by atoms with Crippen molar-refractivity contribution >= 4 is 11.8 Å². The molecule has 5 nitrogen and oxygen atoms in total. The van der Waals surface area contributed by atoms with Gasteiger partial charge in [-0.1, -0.05) is 26.2 Å². The maximum atomic E-state index is 12.6. The number of nitrogens with zero attached hydrogens (tertiary/aromatic N) is 2. The van der Waals surface area contributed by atoms with Gasteiger partial charge >= 0.3 is 0 Å². The minimum atomic E-state index is -0.930. The van der Waals surface area contributed by atoms with Crippen molar-refractivity contribution in [3.63, 3.8) is 0 Å². The van der Waals surface area contributed by atoms with Crippen LogP contribution in [0, 0.1) is 5.92 Å². The second-order valence-corrected chi connectivity index (χ2v) is 6.22. The molecule has 0 aromatic carbocycles. The number of hydrogen-bond acceptors (Lipinski definition) is 3. The van der Waals surface area contributed by atoms with E-state index in [1.54, 1.807) is 9.80 Å². The molecule has 0 spiro atoms. The molecule has 2 fully saturated rings. The summed E-state index contributed by atoms with van der Waals surface area (Å²) in [6.45, 7) is 5.69. The molecule has 2 atom stereocenters. The Morgan fingerprint density at radius 1 is 1.24 bits per heavy atom. The third kappa shape index (κ3) is 3.39. The molecular weight excluding hydrogens is 268 g/mol. The lowest BCUT2D eigenvalue weighted by Gasteiger charge is -2.41. The molecule has 0 radical (unpaired) electrons. The first-order chi connectivity index (χ1) is 10.1. The quantitative estimate of drug-likeness (QED) is 0.853. The number of aliphatic hydroxyl groups excluding tert-OH is 1. The fourth-order valence-electron chi connectivity index (χ4n) is 3.63. The van der Waals surface area contributed by atoms with Crippen LogP contribution in [0.1, 0.15) is 52.4 Å². The van der Waals surface area contributed by atoms with Gasteiger partial charge in [0.2, 0.25) is 5.91 Å². The Kier molecular flexibility index (Phi) is 5.62. The molecule has 1 saturated heterocycles. The fourth-order valence-corrected chi connectivity index (χ4v) is 3.63. The second-order valence-electron chi connectivity index (χ2n) is 6.22. The Morgan fingerprint density at radius 2 is 1.90 bits per heavy atom. The SMILES string of the molecule is CCC1C(=O)N(CC)CCN1C(=O)C(O)C1CCCCC1. The van der Waals surface area contributed by atoms with Gasteiger partial charge < -0.3 is 14.9 Å². The van der Waals surface area contributed by atoms with E-state index in [9.17, 15) is 14.7 Å². The molecule has 2 unspecified atom stereocenters. The summed E-state index contributed by atoms with van der Waals surface area (Å²) in [5, 5.41) is 10.4. The van der Waals surface area contributed by atoms with Crippen LogP contribution in [0.2, 0.25) is 0 Å². The average Bonchev–Trinajstić information content (AvgIpc) is 2.54. The molecule has 2 rings (SSSR count). The first-order valence-corrected chi connectivity index (χ1v) is 8.37. The van der Waals surface area contributed by atoms with Crippen molar-refractivity contribution in [2.24, 2.45) is 5.92 Å². The first-order valence-electron chi connectivity index (χ1n) is 8.37. The van der Waals surface area contributed by atoms with Crippen molar-refractivity contribution in [3.05, 3.63) is 0 Å². The molecule has 120 valence electrons. The van der Waals surface area contributed by atoms with E-state index in [1.807, 2.05) is 13.8 Å². The predicted molar refractivity (Wildman–Crippen MR) is 80.6 cm³/mol. The van der Waals surface area contributed by atoms with E-state index in [2.05, 4.69) is 0 Å². The van der Waals surface area contributed by atoms with E-state index in [-0.39, 0.29) is 17.7 Å². The Balaban J connectivity index is 2.04. The summed E-state index contributed by atoms with van der Waals surface area (Å²) < 4.78 is 0. The van der Waals surface area contributed by atoms with Gasteiger partial charge in [0.25, 0.3) is 5.91 Å². The van der Waals surface area contributed by atoms with E-state index in [0.29, 0.717) is 26.1 Å². The maximum absolute atomic E-state index is 12.6. The van der Waals surface area contributed by atoms with E-state index in [0.717, 1.165) is 25.7 Å². The molecule has 1 heterocycles. The average molecular weight is 296 g/mol. The summed E-state index contributed by atoms with van der Waals surface area (Å²) in [5.41, 5.74) is 0. The Morgan fingerprint density at radius 3 is 2.48 bits per heavy atom. The zero-order valence-corrected chi connectivity index (χ0v) is 13.3. The van der Waals surface area contributed by atoms with Crippen LogP contribution in [0.5, 0.6) is 0 Å². The number of hydrogen-bond donors (Lipinski definition) is 1. The molecule has 1 aliphatic heterocycles. The van der Waals surface area contributed by atoms with Crippen LogP contribution in [-0.2, 0) is 9.59 Å². The topological polar surface area (TPSA) is 60.9 Å². The number of likely N-dealkylation sites (N-methyl/N-ethyl adjacent to an activating group) is 1. The highest BCUT2D eigenvalue weighted by molar-refractivity contribution is 5.90. The van der Waals surface area contributed by atoms with E-state index in [1.165, 1.54) is 6.42 Å². The molecule has 1 saturated carbocycles. The van der Waals surface area contributed by atoms with Crippen molar-refractivity contribution in [1.82, 2.24) is 9.80 Å². The van der Waals surface area contributed by atoms with Crippen molar-refractivity contribution in [3.8, 4) is 0 Å². The molecule has 5 heteroatoms. The lowest BCUT2D eigenvalue weighted by Crippen LogP contribution is -2.60. The summed E-state index contributed by atoms with van der Waals surface area (Å²) in [4.78, 5) is 28.4. The largest absolute Gasteiger partial charge is 0.383 e. The van der Waals surface area contributed by atoms with Gasteiger partial charge in [0.05, 0.1) is 0 Å². The highest BCUT2D eigenvalue weighted by atomic mass is 16.3. The molecule has 2 aliphatic rings. The van der Waals surface area contributed by atoms with Crippen LogP contribution in [0.4, 0.5) is 0 Å². The van der Waals surface area contributed by atoms with Crippen molar-refractivity contribution < 1.29 is 14.7 Å². The fraction of sp³-hybridized carbons (Fsp3) is 0.875. The number of carbonyl (C=O) groups excluding carboxylic acids is 2. The monoisotopic (exact) mass is 296 g/mol. The lowest BCUT2D eigenvalue weighted by molar-refractivity contribution is -0.158. The summed E-state index contributed by atoms with van der Waals surface area (Å²) in [6.07, 6.45) is 4.91. The zero-order valence-electron chi connectivity index (χ0n) is 13.3. The number of rotatable bonds is 4. The number of carbonyl (C=O) groups is 2. The molecule has 1 aliphatic carbocycles. The third-order valence-corrected chi connectivity index (χ3v) is 4.98. The summed E-state index contributed by atoms with van der Waals surface area (Å²) in [6, 6.07) is -0.399. The first kappa shape index (κ1) is 16.3. The molecular formula is C16H28N2O3. The summed E-state index contributed by atoms with van der Waals surface area (Å²) >= 11 is 0. The Bertz CT molecular complexity index is 380. The minimum absolute atomic E-state index is 0.0236. The van der Waals surface area contributed by atoms with Gasteiger partial charge in [0, 0.05) is 19.6 Å². The minimum Gasteiger partial charge on any atom is -0.383 e. The van der Waals surface area contributed by atoms with E-state index in [4.69, 9.17) is 0 Å². The van der Waals surface area contributed by atoms with Crippen molar-refractivity contribution in [1.29, 1.82) is 0 Å². The van der Waals surface area contributed by atoms with Gasteiger partial charge in [-0.25, -0.2) is 0 Å². The predicted octanol–water partition coefficient (Wildman–Crippen LogP) is 1.40. The van der Waals surface area contributed by atoms with Crippen molar-refractivity contribution in [2.45, 2.75) is 64.5 Å². The second kappa shape index (κ2) is 7.25. The van der Waals surface area contributed by atoms with E-state index < -0.39 is 12.1 Å². The molecule has 2 amide bonds. The van der Waals surface area contributed by atoms with E-state index >= 15 is 0 Å². The summed E-state index contributed by atoms with van der Waals surface area (Å²) in [5.74, 6) is -0.142. The molecule has 21 heavy (non-hydrogen) atoms. The van der Waals surface area contributed by atoms with Gasteiger partial charge in [-0.2, -0.15) is 0 Å². The molecule has 1 N–H and O–H groups in total. The summed E-state index contributed by atoms with van der Waals surface area (Å²) in [7, 11) is 0. The standard InChI is InChI=1S/C16H28N2O3/c1-3-13-15(20)17(4-2)10-11-18(13)16(21)14(19)12-8-6-5-7-9-12/h12-14,19H,3-11H2,1-2H3. The van der Waals surface area contributed by atoms with Crippen LogP contribution in [0.25, 0.3) is 0 Å². The zero-order chi connectivity index (χ0) is 15.4. The number of amides is 2. The van der Waals surface area contributed by atoms with Crippen LogP contribution in [0.3, 0.4) is 0 Å². The molecule has 0 aromatic rings. The molecule has 0 aromatic heterocycles. The third-order valence-electron chi connectivity index (χ3n) is 4.98. The van der Waals surface area contributed by atoms with Gasteiger partial charge in [-0.05, 0) is 32.1 Å². The van der Waals surface area contributed by atoms with Gasteiger partial charge in [0.15, 0.2) is 0 Å². The van der Waals surface area contributed by atoms with Crippen LogP contribution >= 0.6 is 0 Å². The van der Waals surface area contributed by atoms with Crippen LogP contribution < -0.4 is 0 Å². The smallest absolute Gasteiger partial charge is 0.252 e. The molecule has 0 bridgehead atoms. The Hall–Kier alpha value is -1.10. The highest BCUT2D eigenvalue weighted by Gasteiger charge is 2.39. The number of piperazine rings is 1. The number of aliphatic hydroxyl groups is 1. The van der Waals surface area contributed by atoms with Gasteiger partial charge in [-0.15, -0.1) is 0 Å². The van der Waals surface area contributed by atoms with Crippen LogP contribution in [-0.4, -0.2) is 58.5 Å². The van der Waals surface area contributed by atoms with Gasteiger partial charge in [0.1, 0.15) is 12.1 Å². The van der Waals surface area contributed by atoms with Crippen molar-refractivity contribution in [2.75, 3.05) is 19.6 Å². The Labute approximate surface area is 127 Å². The normalized spacial score (nSPS) is 26.0. The van der Waals surface area contributed by atoms with Gasteiger partial charge in [-0.3, -0.25) is 9.59 Å².